The van der Waals surface area contributed by atoms with E-state index in [0.717, 1.165) is 0 Å². The van der Waals surface area contributed by atoms with Gasteiger partial charge in [-0.25, -0.2) is 4.79 Å². The third-order valence-corrected chi connectivity index (χ3v) is 2.42. The number of nitrogens with zero attached hydrogens (tertiary/aromatic N) is 1. The summed E-state index contributed by atoms with van der Waals surface area (Å²) in [6, 6.07) is 0. The second kappa shape index (κ2) is 6.52. The maximum Gasteiger partial charge on any atom is 0.471 e. The summed E-state index contributed by atoms with van der Waals surface area (Å²) in [5.74, 6) is -5.11. The average molecular weight is 312 g/mol. The fourth-order valence-electron chi connectivity index (χ4n) is 1.35. The maximum absolute atomic E-state index is 11.8. The van der Waals surface area contributed by atoms with Crippen LogP contribution in [0.5, 0.6) is 0 Å². The third-order valence-electron chi connectivity index (χ3n) is 2.42. The van der Waals surface area contributed by atoms with Crippen LogP contribution in [-0.4, -0.2) is 52.7 Å². The number of alkyl halides is 3. The zero-order valence-corrected chi connectivity index (χ0v) is 10.5. The minimum absolute atomic E-state index is 0.135. The van der Waals surface area contributed by atoms with Crippen LogP contribution in [-0.2, 0) is 24.0 Å². The molecular formula is C10H11F3N2O6. The summed E-state index contributed by atoms with van der Waals surface area (Å²) in [7, 11) is 0. The van der Waals surface area contributed by atoms with Gasteiger partial charge in [-0.1, -0.05) is 0 Å². The molecule has 0 spiro atoms. The van der Waals surface area contributed by atoms with Crippen molar-refractivity contribution in [3.05, 3.63) is 0 Å². The van der Waals surface area contributed by atoms with Crippen LogP contribution in [0.1, 0.15) is 19.3 Å². The van der Waals surface area contributed by atoms with Crippen LogP contribution in [0, 0.1) is 0 Å². The average Bonchev–Trinajstić information content (AvgIpc) is 2.69. The fraction of sp³-hybridized carbons (Fsp3) is 0.600. The molecule has 1 heterocycles. The van der Waals surface area contributed by atoms with Crippen LogP contribution in [0.2, 0.25) is 0 Å². The van der Waals surface area contributed by atoms with Gasteiger partial charge in [0.25, 0.3) is 11.8 Å². The number of amides is 3. The van der Waals surface area contributed by atoms with Crippen LogP contribution in [0.4, 0.5) is 13.2 Å². The van der Waals surface area contributed by atoms with Crippen molar-refractivity contribution in [2.75, 3.05) is 6.54 Å². The smallest absolute Gasteiger partial charge is 0.381 e. The van der Waals surface area contributed by atoms with E-state index in [-0.39, 0.29) is 17.9 Å². The minimum Gasteiger partial charge on any atom is -0.381 e. The first-order valence-corrected chi connectivity index (χ1v) is 5.73. The number of hydroxylamine groups is 2. The predicted octanol–water partition coefficient (Wildman–Crippen LogP) is -0.977. The second-order valence-corrected chi connectivity index (χ2v) is 4.05. The highest BCUT2D eigenvalue weighted by Gasteiger charge is 2.38. The largest absolute Gasteiger partial charge is 0.471 e. The third kappa shape index (κ3) is 4.70. The molecule has 1 aliphatic rings. The molecule has 8 nitrogen and oxygen atoms in total. The summed E-state index contributed by atoms with van der Waals surface area (Å²) in [6.45, 7) is -0.642. The summed E-state index contributed by atoms with van der Waals surface area (Å²) in [5, 5.41) is 10.9. The Kier molecular flexibility index (Phi) is 5.24. The number of aliphatic hydroxyl groups excluding tert-OH is 1. The lowest BCUT2D eigenvalue weighted by atomic mass is 10.2. The molecule has 2 N–H and O–H groups in total. The number of carbonyl (C=O) groups is 4. The van der Waals surface area contributed by atoms with E-state index in [0.29, 0.717) is 0 Å². The monoisotopic (exact) mass is 312 g/mol. The van der Waals surface area contributed by atoms with Crippen molar-refractivity contribution in [2.24, 2.45) is 0 Å². The molecule has 0 aromatic heterocycles. The van der Waals surface area contributed by atoms with Crippen LogP contribution < -0.4 is 5.32 Å². The molecule has 1 aliphatic heterocycles. The highest BCUT2D eigenvalue weighted by molar-refractivity contribution is 6.01. The molecular weight excluding hydrogens is 301 g/mol. The number of nitrogens with one attached hydrogen (secondary N) is 1. The van der Waals surface area contributed by atoms with Gasteiger partial charge in [-0.05, 0) is 0 Å². The highest BCUT2D eigenvalue weighted by atomic mass is 19.4. The van der Waals surface area contributed by atoms with Gasteiger partial charge < -0.3 is 15.3 Å². The molecule has 0 aliphatic carbocycles. The van der Waals surface area contributed by atoms with Crippen molar-refractivity contribution in [1.29, 1.82) is 0 Å². The molecule has 0 bridgehead atoms. The quantitative estimate of drug-likeness (QED) is 0.631. The van der Waals surface area contributed by atoms with Gasteiger partial charge in [0, 0.05) is 25.8 Å². The van der Waals surface area contributed by atoms with Gasteiger partial charge in [0.15, 0.2) is 6.10 Å². The SMILES string of the molecule is O=C(ON1C(=O)CCC1=O)[C@@H](O)CCNC(=O)C(F)(F)F. The van der Waals surface area contributed by atoms with E-state index in [1.54, 1.807) is 0 Å². The Morgan fingerprint density at radius 3 is 2.29 bits per heavy atom. The molecule has 21 heavy (non-hydrogen) atoms. The number of carbonyl (C=O) groups excluding carboxylic acids is 4. The highest BCUT2D eigenvalue weighted by Crippen LogP contribution is 2.14. The first-order chi connectivity index (χ1) is 9.62. The molecule has 0 radical (unpaired) electrons. The Balaban J connectivity index is 2.37. The van der Waals surface area contributed by atoms with E-state index in [1.165, 1.54) is 5.32 Å². The van der Waals surface area contributed by atoms with Crippen molar-refractivity contribution in [2.45, 2.75) is 31.5 Å². The van der Waals surface area contributed by atoms with Crippen molar-refractivity contribution >= 4 is 23.7 Å². The summed E-state index contributed by atoms with van der Waals surface area (Å²) in [4.78, 5) is 48.3. The summed E-state index contributed by atoms with van der Waals surface area (Å²) in [6.07, 6.45) is -7.80. The van der Waals surface area contributed by atoms with E-state index in [2.05, 4.69) is 4.84 Å². The first-order valence-electron chi connectivity index (χ1n) is 5.73. The second-order valence-electron chi connectivity index (χ2n) is 4.05. The number of hydrogen-bond acceptors (Lipinski definition) is 6. The van der Waals surface area contributed by atoms with E-state index in [1.807, 2.05) is 0 Å². The van der Waals surface area contributed by atoms with Crippen molar-refractivity contribution in [3.8, 4) is 0 Å². The van der Waals surface area contributed by atoms with Crippen LogP contribution >= 0.6 is 0 Å². The molecule has 0 aromatic carbocycles. The van der Waals surface area contributed by atoms with Gasteiger partial charge >= 0.3 is 18.1 Å². The zero-order chi connectivity index (χ0) is 16.2. The molecule has 1 rings (SSSR count). The van der Waals surface area contributed by atoms with Gasteiger partial charge in [0.1, 0.15) is 0 Å². The van der Waals surface area contributed by atoms with Gasteiger partial charge in [-0.3, -0.25) is 14.4 Å². The number of rotatable bonds is 5. The van der Waals surface area contributed by atoms with Crippen LogP contribution in [0.3, 0.4) is 0 Å². The summed E-state index contributed by atoms with van der Waals surface area (Å²) < 4.78 is 35.5. The zero-order valence-electron chi connectivity index (χ0n) is 10.5. The predicted molar refractivity (Wildman–Crippen MR) is 56.9 cm³/mol. The molecule has 0 unspecified atom stereocenters. The molecule has 3 amide bonds. The maximum atomic E-state index is 11.8. The van der Waals surface area contributed by atoms with Gasteiger partial charge in [-0.15, -0.1) is 5.06 Å². The number of imide groups is 1. The summed E-state index contributed by atoms with van der Waals surface area (Å²) >= 11 is 0. The van der Waals surface area contributed by atoms with Crippen molar-refractivity contribution in [3.63, 3.8) is 0 Å². The molecule has 118 valence electrons. The number of halogens is 3. The van der Waals surface area contributed by atoms with Crippen molar-refractivity contribution in [1.82, 2.24) is 10.4 Å². The lowest BCUT2D eigenvalue weighted by Gasteiger charge is -2.15. The van der Waals surface area contributed by atoms with Crippen LogP contribution in [0.25, 0.3) is 0 Å². The Morgan fingerprint density at radius 2 is 1.81 bits per heavy atom. The lowest BCUT2D eigenvalue weighted by molar-refractivity contribution is -0.203. The van der Waals surface area contributed by atoms with Gasteiger partial charge in [-0.2, -0.15) is 13.2 Å². The molecule has 11 heteroatoms. The minimum atomic E-state index is -5.07. The van der Waals surface area contributed by atoms with Crippen LogP contribution in [0.15, 0.2) is 0 Å². The molecule has 0 saturated carbocycles. The molecule has 1 fully saturated rings. The van der Waals surface area contributed by atoms with E-state index in [9.17, 15) is 37.5 Å². The van der Waals surface area contributed by atoms with E-state index >= 15 is 0 Å². The van der Waals surface area contributed by atoms with Gasteiger partial charge in [0.2, 0.25) is 0 Å². The molecule has 1 atom stereocenters. The Hall–Kier alpha value is -2.17. The summed E-state index contributed by atoms with van der Waals surface area (Å²) in [5.41, 5.74) is 0. The normalized spacial score (nSPS) is 16.9. The topological polar surface area (TPSA) is 113 Å². The Morgan fingerprint density at radius 1 is 1.29 bits per heavy atom. The van der Waals surface area contributed by atoms with Crippen molar-refractivity contribution < 1.29 is 42.3 Å². The molecule has 1 saturated heterocycles. The van der Waals surface area contributed by atoms with Gasteiger partial charge in [0.05, 0.1) is 0 Å². The van der Waals surface area contributed by atoms with E-state index in [4.69, 9.17) is 0 Å². The number of aliphatic hydroxyl groups is 1. The Labute approximate surface area is 115 Å². The first kappa shape index (κ1) is 16.9. The Bertz CT molecular complexity index is 448. The van der Waals surface area contributed by atoms with E-state index < -0.39 is 48.9 Å². The standard InChI is InChI=1S/C10H11F3N2O6/c11-10(12,13)9(20)14-4-3-5(16)8(19)21-15-6(17)1-2-7(15)18/h5,16H,1-4H2,(H,14,20)/t5-/m0/s1. The number of hydrogen-bond donors (Lipinski definition) is 2. The lowest BCUT2D eigenvalue weighted by Crippen LogP contribution is -2.40. The fourth-order valence-corrected chi connectivity index (χ4v) is 1.35. The molecule has 0 aromatic rings.